The maximum atomic E-state index is 12.2. The first-order valence-electron chi connectivity index (χ1n) is 6.69. The fraction of sp³-hybridized carbons (Fsp3) is 0.188. The SMILES string of the molecule is C/C(=N\NS(=O)(=O)c1ccc(Cl)cc1)c1ccc(C)cc1C. The van der Waals surface area contributed by atoms with Gasteiger partial charge in [-0.15, -0.1) is 0 Å². The molecule has 0 radical (unpaired) electrons. The van der Waals surface area contributed by atoms with Crippen molar-refractivity contribution in [1.82, 2.24) is 4.83 Å². The molecule has 22 heavy (non-hydrogen) atoms. The van der Waals surface area contributed by atoms with E-state index in [1.807, 2.05) is 32.0 Å². The van der Waals surface area contributed by atoms with Crippen molar-refractivity contribution in [1.29, 1.82) is 0 Å². The van der Waals surface area contributed by atoms with E-state index in [0.29, 0.717) is 10.7 Å². The van der Waals surface area contributed by atoms with Crippen molar-refractivity contribution in [3.8, 4) is 0 Å². The van der Waals surface area contributed by atoms with Gasteiger partial charge in [0.25, 0.3) is 10.0 Å². The lowest BCUT2D eigenvalue weighted by atomic mass is 10.0. The van der Waals surface area contributed by atoms with Gasteiger partial charge in [0.1, 0.15) is 0 Å². The summed E-state index contributed by atoms with van der Waals surface area (Å²) in [5.74, 6) is 0. The Morgan fingerprint density at radius 2 is 1.73 bits per heavy atom. The van der Waals surface area contributed by atoms with Gasteiger partial charge >= 0.3 is 0 Å². The van der Waals surface area contributed by atoms with Crippen molar-refractivity contribution >= 4 is 27.3 Å². The maximum Gasteiger partial charge on any atom is 0.276 e. The molecule has 0 saturated carbocycles. The van der Waals surface area contributed by atoms with Crippen molar-refractivity contribution in [3.63, 3.8) is 0 Å². The normalized spacial score (nSPS) is 12.3. The molecule has 1 N–H and O–H groups in total. The van der Waals surface area contributed by atoms with Crippen LogP contribution in [0.5, 0.6) is 0 Å². The molecule has 2 aromatic rings. The average molecular weight is 337 g/mol. The fourth-order valence-electron chi connectivity index (χ4n) is 2.07. The first-order valence-corrected chi connectivity index (χ1v) is 8.55. The molecule has 116 valence electrons. The van der Waals surface area contributed by atoms with Gasteiger partial charge in [-0.2, -0.15) is 18.4 Å². The van der Waals surface area contributed by atoms with Crippen LogP contribution in [0.2, 0.25) is 5.02 Å². The minimum Gasteiger partial charge on any atom is -0.200 e. The van der Waals surface area contributed by atoms with E-state index in [1.165, 1.54) is 24.3 Å². The molecule has 4 nitrogen and oxygen atoms in total. The molecule has 0 spiro atoms. The lowest BCUT2D eigenvalue weighted by Gasteiger charge is -2.08. The summed E-state index contributed by atoms with van der Waals surface area (Å²) < 4.78 is 24.3. The monoisotopic (exact) mass is 336 g/mol. The number of halogens is 1. The standard InChI is InChI=1S/C16H17ClN2O2S/c1-11-4-9-16(12(2)10-11)13(3)18-19-22(20,21)15-7-5-14(17)6-8-15/h4-10,19H,1-3H3/b18-13+. The lowest BCUT2D eigenvalue weighted by Crippen LogP contribution is -2.20. The largest absolute Gasteiger partial charge is 0.276 e. The molecule has 0 bridgehead atoms. The Balaban J connectivity index is 2.24. The second kappa shape index (κ2) is 6.50. The Labute approximate surface area is 135 Å². The van der Waals surface area contributed by atoms with Crippen LogP contribution < -0.4 is 4.83 Å². The molecule has 0 amide bonds. The Morgan fingerprint density at radius 3 is 2.32 bits per heavy atom. The smallest absolute Gasteiger partial charge is 0.200 e. The Hall–Kier alpha value is -1.85. The zero-order valence-corrected chi connectivity index (χ0v) is 14.2. The maximum absolute atomic E-state index is 12.2. The van der Waals surface area contributed by atoms with Crippen molar-refractivity contribution < 1.29 is 8.42 Å². The molecule has 0 aliphatic carbocycles. The lowest BCUT2D eigenvalue weighted by molar-refractivity contribution is 0.584. The first-order chi connectivity index (χ1) is 10.3. The Morgan fingerprint density at radius 1 is 1.09 bits per heavy atom. The average Bonchev–Trinajstić information content (AvgIpc) is 2.45. The molecule has 0 atom stereocenters. The van der Waals surface area contributed by atoms with Gasteiger partial charge in [-0.25, -0.2) is 0 Å². The van der Waals surface area contributed by atoms with E-state index < -0.39 is 10.0 Å². The van der Waals surface area contributed by atoms with E-state index in [2.05, 4.69) is 9.93 Å². The third-order valence-electron chi connectivity index (χ3n) is 3.23. The van der Waals surface area contributed by atoms with Crippen LogP contribution in [-0.4, -0.2) is 14.1 Å². The van der Waals surface area contributed by atoms with Crippen molar-refractivity contribution in [2.45, 2.75) is 25.7 Å². The van der Waals surface area contributed by atoms with E-state index >= 15 is 0 Å². The quantitative estimate of drug-likeness (QED) is 0.684. The van der Waals surface area contributed by atoms with Crippen LogP contribution in [0.3, 0.4) is 0 Å². The molecular formula is C16H17ClN2O2S. The highest BCUT2D eigenvalue weighted by Crippen LogP contribution is 2.15. The van der Waals surface area contributed by atoms with Crippen LogP contribution in [0.25, 0.3) is 0 Å². The summed E-state index contributed by atoms with van der Waals surface area (Å²) in [5.41, 5.74) is 3.71. The van der Waals surface area contributed by atoms with E-state index in [9.17, 15) is 8.42 Å². The highest BCUT2D eigenvalue weighted by atomic mass is 35.5. The van der Waals surface area contributed by atoms with Crippen LogP contribution in [0, 0.1) is 13.8 Å². The summed E-state index contributed by atoms with van der Waals surface area (Å²) in [5, 5.41) is 4.48. The van der Waals surface area contributed by atoms with Gasteiger partial charge < -0.3 is 0 Å². The van der Waals surface area contributed by atoms with Gasteiger partial charge in [-0.3, -0.25) is 0 Å². The summed E-state index contributed by atoms with van der Waals surface area (Å²) in [6, 6.07) is 11.9. The number of hydrogen-bond donors (Lipinski definition) is 1. The minimum atomic E-state index is -3.70. The van der Waals surface area contributed by atoms with Crippen LogP contribution >= 0.6 is 11.6 Å². The van der Waals surface area contributed by atoms with E-state index in [1.54, 1.807) is 6.92 Å². The number of rotatable bonds is 4. The molecule has 0 saturated heterocycles. The van der Waals surface area contributed by atoms with E-state index in [0.717, 1.165) is 16.7 Å². The molecule has 2 rings (SSSR count). The topological polar surface area (TPSA) is 58.5 Å². The van der Waals surface area contributed by atoms with Crippen LogP contribution in [0.15, 0.2) is 52.5 Å². The number of hydrazone groups is 1. The second-order valence-electron chi connectivity index (χ2n) is 5.06. The Kier molecular flexibility index (Phi) is 4.88. The third kappa shape index (κ3) is 3.87. The molecule has 0 aromatic heterocycles. The fourth-order valence-corrected chi connectivity index (χ4v) is 3.06. The van der Waals surface area contributed by atoms with Gasteiger partial charge in [-0.1, -0.05) is 35.4 Å². The van der Waals surface area contributed by atoms with Gasteiger partial charge in [0, 0.05) is 10.6 Å². The zero-order valence-electron chi connectivity index (χ0n) is 12.6. The molecular weight excluding hydrogens is 320 g/mol. The molecule has 0 fully saturated rings. The van der Waals surface area contributed by atoms with E-state index in [4.69, 9.17) is 11.6 Å². The third-order valence-corrected chi connectivity index (χ3v) is 4.71. The zero-order chi connectivity index (χ0) is 16.3. The predicted molar refractivity (Wildman–Crippen MR) is 89.9 cm³/mol. The van der Waals surface area contributed by atoms with Gasteiger partial charge in [0.2, 0.25) is 0 Å². The van der Waals surface area contributed by atoms with Crippen LogP contribution in [0.1, 0.15) is 23.6 Å². The second-order valence-corrected chi connectivity index (χ2v) is 7.16. The summed E-state index contributed by atoms with van der Waals surface area (Å²) in [6.45, 7) is 5.74. The van der Waals surface area contributed by atoms with Gasteiger partial charge in [0.15, 0.2) is 0 Å². The molecule has 2 aromatic carbocycles. The molecule has 0 aliphatic rings. The summed E-state index contributed by atoms with van der Waals surface area (Å²) in [6.07, 6.45) is 0. The van der Waals surface area contributed by atoms with Crippen LogP contribution in [0.4, 0.5) is 0 Å². The minimum absolute atomic E-state index is 0.120. The molecule has 6 heteroatoms. The van der Waals surface area contributed by atoms with E-state index in [-0.39, 0.29) is 4.90 Å². The van der Waals surface area contributed by atoms with Crippen LogP contribution in [-0.2, 0) is 10.0 Å². The number of benzene rings is 2. The summed E-state index contributed by atoms with van der Waals surface area (Å²) >= 11 is 5.76. The molecule has 0 heterocycles. The van der Waals surface area contributed by atoms with Crippen molar-refractivity contribution in [3.05, 3.63) is 64.2 Å². The van der Waals surface area contributed by atoms with Crippen molar-refractivity contribution in [2.75, 3.05) is 0 Å². The van der Waals surface area contributed by atoms with Crippen molar-refractivity contribution in [2.24, 2.45) is 5.10 Å². The first kappa shape index (κ1) is 16.5. The summed E-state index contributed by atoms with van der Waals surface area (Å²) in [4.78, 5) is 2.37. The van der Waals surface area contributed by atoms with Gasteiger partial charge in [0.05, 0.1) is 10.6 Å². The highest BCUT2D eigenvalue weighted by Gasteiger charge is 2.13. The number of hydrogen-bond acceptors (Lipinski definition) is 3. The number of aryl methyl sites for hydroxylation is 2. The predicted octanol–water partition coefficient (Wildman–Crippen LogP) is 3.66. The molecule has 0 unspecified atom stereocenters. The number of sulfonamides is 1. The number of nitrogens with zero attached hydrogens (tertiary/aromatic N) is 1. The highest BCUT2D eigenvalue weighted by molar-refractivity contribution is 7.89. The number of nitrogens with one attached hydrogen (secondary N) is 1. The molecule has 0 aliphatic heterocycles. The summed E-state index contributed by atoms with van der Waals surface area (Å²) in [7, 11) is -3.70. The van der Waals surface area contributed by atoms with Gasteiger partial charge in [-0.05, 0) is 50.6 Å². The Bertz CT molecular complexity index is 813.